The van der Waals surface area contributed by atoms with Crippen molar-refractivity contribution in [2.45, 2.75) is 51.6 Å². The highest BCUT2D eigenvalue weighted by atomic mass is 35.5. The molecule has 0 fully saturated rings. The van der Waals surface area contributed by atoms with Gasteiger partial charge in [0.2, 0.25) is 11.8 Å². The molecule has 0 saturated carbocycles. The smallest absolute Gasteiger partial charge is 0.264 e. The molecule has 230 valence electrons. The summed E-state index contributed by atoms with van der Waals surface area (Å²) in [5.41, 5.74) is 4.94. The first-order chi connectivity index (χ1) is 21.0. The van der Waals surface area contributed by atoms with E-state index in [2.05, 4.69) is 5.32 Å². The number of rotatable bonds is 12. The Bertz CT molecular complexity index is 1710. The molecule has 2 amide bonds. The van der Waals surface area contributed by atoms with Crippen LogP contribution >= 0.6 is 11.6 Å². The molecular formula is C35H38ClN3O4S. The van der Waals surface area contributed by atoms with Crippen molar-refractivity contribution in [1.29, 1.82) is 0 Å². The minimum absolute atomic E-state index is 0.00252. The van der Waals surface area contributed by atoms with Crippen molar-refractivity contribution >= 4 is 39.1 Å². The number of halogens is 1. The largest absolute Gasteiger partial charge is 0.355 e. The molecule has 0 aliphatic heterocycles. The van der Waals surface area contributed by atoms with E-state index >= 15 is 0 Å². The van der Waals surface area contributed by atoms with Crippen LogP contribution in [-0.2, 0) is 32.6 Å². The molecule has 0 spiro atoms. The van der Waals surface area contributed by atoms with E-state index in [9.17, 15) is 18.0 Å². The highest BCUT2D eigenvalue weighted by Gasteiger charge is 2.34. The van der Waals surface area contributed by atoms with Gasteiger partial charge in [-0.2, -0.15) is 0 Å². The number of benzene rings is 4. The Kier molecular flexibility index (Phi) is 10.8. The molecule has 1 unspecified atom stereocenters. The number of hydrogen-bond acceptors (Lipinski definition) is 4. The summed E-state index contributed by atoms with van der Waals surface area (Å²) in [5, 5.41) is 3.28. The fourth-order valence-corrected chi connectivity index (χ4v) is 6.53. The predicted octanol–water partition coefficient (Wildman–Crippen LogP) is 6.24. The van der Waals surface area contributed by atoms with Crippen LogP contribution in [0.25, 0.3) is 0 Å². The number of amides is 2. The third-order valence-corrected chi connectivity index (χ3v) is 9.56. The van der Waals surface area contributed by atoms with Crippen molar-refractivity contribution in [2.75, 3.05) is 17.4 Å². The second-order valence-electron chi connectivity index (χ2n) is 10.8. The average molecular weight is 632 g/mol. The fraction of sp³-hybridized carbons (Fsp3) is 0.257. The standard InChI is InChI=1S/C35H38ClN3O4S/c1-5-37-35(41)33(22-28-11-7-6-8-12-28)38(23-29-13-9-10-25(2)20-29)34(40)24-39(31-17-14-26(3)27(4)21-31)44(42,43)32-18-15-30(36)16-19-32/h6-21,33H,5,22-24H2,1-4H3,(H,37,41). The van der Waals surface area contributed by atoms with Gasteiger partial charge in [0.15, 0.2) is 0 Å². The molecule has 0 aromatic heterocycles. The van der Waals surface area contributed by atoms with Gasteiger partial charge in [-0.3, -0.25) is 13.9 Å². The number of likely N-dealkylation sites (N-methyl/N-ethyl adjacent to an activating group) is 1. The van der Waals surface area contributed by atoms with Crippen LogP contribution in [0.1, 0.15) is 34.7 Å². The van der Waals surface area contributed by atoms with Crippen molar-refractivity contribution < 1.29 is 18.0 Å². The number of carbonyl (C=O) groups excluding carboxylic acids is 2. The number of nitrogens with zero attached hydrogens (tertiary/aromatic N) is 2. The summed E-state index contributed by atoms with van der Waals surface area (Å²) in [6.45, 7) is 7.61. The maximum Gasteiger partial charge on any atom is 0.264 e. The minimum atomic E-state index is -4.20. The van der Waals surface area contributed by atoms with Gasteiger partial charge in [-0.1, -0.05) is 77.8 Å². The zero-order valence-electron chi connectivity index (χ0n) is 25.5. The van der Waals surface area contributed by atoms with Gasteiger partial charge < -0.3 is 10.2 Å². The van der Waals surface area contributed by atoms with Crippen LogP contribution in [0.4, 0.5) is 5.69 Å². The zero-order valence-corrected chi connectivity index (χ0v) is 27.0. The molecule has 0 bridgehead atoms. The predicted molar refractivity (Wildman–Crippen MR) is 176 cm³/mol. The van der Waals surface area contributed by atoms with E-state index in [1.807, 2.05) is 88.4 Å². The van der Waals surface area contributed by atoms with E-state index in [0.29, 0.717) is 17.3 Å². The molecule has 0 aliphatic rings. The van der Waals surface area contributed by atoms with Crippen molar-refractivity contribution in [3.63, 3.8) is 0 Å². The molecule has 7 nitrogen and oxygen atoms in total. The third kappa shape index (κ3) is 8.07. The second-order valence-corrected chi connectivity index (χ2v) is 13.1. The summed E-state index contributed by atoms with van der Waals surface area (Å²) < 4.78 is 29.4. The Hall–Kier alpha value is -4.14. The molecule has 1 N–H and O–H groups in total. The molecular weight excluding hydrogens is 594 g/mol. The van der Waals surface area contributed by atoms with Gasteiger partial charge in [0.05, 0.1) is 10.6 Å². The van der Waals surface area contributed by atoms with Crippen LogP contribution in [-0.4, -0.2) is 44.3 Å². The number of sulfonamides is 1. The third-order valence-electron chi connectivity index (χ3n) is 7.52. The molecule has 1 atom stereocenters. The van der Waals surface area contributed by atoms with Gasteiger partial charge in [-0.05, 0) is 86.3 Å². The van der Waals surface area contributed by atoms with Crippen molar-refractivity contribution in [3.05, 3.63) is 130 Å². The van der Waals surface area contributed by atoms with Gasteiger partial charge in [-0.25, -0.2) is 8.42 Å². The summed E-state index contributed by atoms with van der Waals surface area (Å²) in [5.74, 6) is -0.815. The maximum absolute atomic E-state index is 14.5. The van der Waals surface area contributed by atoms with E-state index < -0.39 is 28.5 Å². The quantitative estimate of drug-likeness (QED) is 0.201. The van der Waals surface area contributed by atoms with Crippen molar-refractivity contribution in [3.8, 4) is 0 Å². The molecule has 4 aromatic rings. The van der Waals surface area contributed by atoms with Crippen molar-refractivity contribution in [2.24, 2.45) is 0 Å². The minimum Gasteiger partial charge on any atom is -0.355 e. The molecule has 9 heteroatoms. The fourth-order valence-electron chi connectivity index (χ4n) is 5.00. The van der Waals surface area contributed by atoms with Gasteiger partial charge >= 0.3 is 0 Å². The first-order valence-corrected chi connectivity index (χ1v) is 16.3. The Balaban J connectivity index is 1.81. The highest BCUT2D eigenvalue weighted by Crippen LogP contribution is 2.27. The lowest BCUT2D eigenvalue weighted by molar-refractivity contribution is -0.140. The number of aryl methyl sites for hydroxylation is 3. The molecule has 0 heterocycles. The topological polar surface area (TPSA) is 86.8 Å². The molecule has 44 heavy (non-hydrogen) atoms. The first-order valence-electron chi connectivity index (χ1n) is 14.5. The molecule has 0 saturated heterocycles. The molecule has 0 radical (unpaired) electrons. The van der Waals surface area contributed by atoms with Gasteiger partial charge in [0, 0.05) is 24.5 Å². The van der Waals surface area contributed by atoms with Gasteiger partial charge in [0.1, 0.15) is 12.6 Å². The second kappa shape index (κ2) is 14.6. The van der Waals surface area contributed by atoms with Crippen LogP contribution in [0.5, 0.6) is 0 Å². The van der Waals surface area contributed by atoms with Gasteiger partial charge in [0.25, 0.3) is 10.0 Å². The summed E-state index contributed by atoms with van der Waals surface area (Å²) in [6, 6.07) is 27.5. The maximum atomic E-state index is 14.5. The SMILES string of the molecule is CCNC(=O)C(Cc1ccccc1)N(Cc1cccc(C)c1)C(=O)CN(c1ccc(C)c(C)c1)S(=O)(=O)c1ccc(Cl)cc1. The van der Waals surface area contributed by atoms with Crippen LogP contribution in [0.15, 0.2) is 102 Å². The van der Waals surface area contributed by atoms with E-state index in [4.69, 9.17) is 11.6 Å². The Morgan fingerprint density at radius 3 is 2.14 bits per heavy atom. The number of hydrogen-bond donors (Lipinski definition) is 1. The molecule has 0 aliphatic carbocycles. The lowest BCUT2D eigenvalue weighted by Gasteiger charge is -2.34. The summed E-state index contributed by atoms with van der Waals surface area (Å²) in [6.07, 6.45) is 0.262. The average Bonchev–Trinajstić information content (AvgIpc) is 3.00. The Morgan fingerprint density at radius 2 is 1.50 bits per heavy atom. The summed E-state index contributed by atoms with van der Waals surface area (Å²) in [4.78, 5) is 29.5. The van der Waals surface area contributed by atoms with E-state index in [-0.39, 0.29) is 23.8 Å². The Labute approximate surface area is 265 Å². The number of carbonyl (C=O) groups is 2. The molecule has 4 rings (SSSR count). The monoisotopic (exact) mass is 631 g/mol. The van der Waals surface area contributed by atoms with Crippen LogP contribution in [0.2, 0.25) is 5.02 Å². The van der Waals surface area contributed by atoms with Gasteiger partial charge in [-0.15, -0.1) is 0 Å². The van der Waals surface area contributed by atoms with E-state index in [1.54, 1.807) is 12.1 Å². The van der Waals surface area contributed by atoms with Crippen LogP contribution < -0.4 is 9.62 Å². The van der Waals surface area contributed by atoms with E-state index in [1.165, 1.54) is 29.2 Å². The lowest BCUT2D eigenvalue weighted by Crippen LogP contribution is -2.53. The number of anilines is 1. The molecule has 4 aromatic carbocycles. The van der Waals surface area contributed by atoms with Crippen LogP contribution in [0, 0.1) is 20.8 Å². The van der Waals surface area contributed by atoms with Crippen LogP contribution in [0.3, 0.4) is 0 Å². The normalized spacial score (nSPS) is 11.9. The lowest BCUT2D eigenvalue weighted by atomic mass is 10.0. The van der Waals surface area contributed by atoms with Crippen molar-refractivity contribution in [1.82, 2.24) is 10.2 Å². The van der Waals surface area contributed by atoms with E-state index in [0.717, 1.165) is 32.1 Å². The highest BCUT2D eigenvalue weighted by molar-refractivity contribution is 7.92. The zero-order chi connectivity index (χ0) is 31.9. The summed E-state index contributed by atoms with van der Waals surface area (Å²) >= 11 is 6.06. The number of nitrogens with one attached hydrogen (secondary N) is 1. The first kappa shape index (κ1) is 32.8. The Morgan fingerprint density at radius 1 is 0.818 bits per heavy atom. The summed E-state index contributed by atoms with van der Waals surface area (Å²) in [7, 11) is -4.20.